The number of amides is 3. The molecule has 5 rings (SSSR count). The van der Waals surface area contributed by atoms with E-state index in [4.69, 9.17) is 5.73 Å². The van der Waals surface area contributed by atoms with Gasteiger partial charge in [-0.1, -0.05) is 6.07 Å². The number of carbonyl (C=O) groups excluding carboxylic acids is 3. The van der Waals surface area contributed by atoms with E-state index in [1.807, 2.05) is 0 Å². The summed E-state index contributed by atoms with van der Waals surface area (Å²) in [7, 11) is 0. The minimum atomic E-state index is -0.807. The molecule has 3 aromatic rings. The van der Waals surface area contributed by atoms with Gasteiger partial charge in [0, 0.05) is 11.4 Å². The predicted octanol–water partition coefficient (Wildman–Crippen LogP) is 1.79. The van der Waals surface area contributed by atoms with Gasteiger partial charge in [0.05, 0.1) is 17.4 Å². The second-order valence-corrected chi connectivity index (χ2v) is 8.96. The average Bonchev–Trinajstić information content (AvgIpc) is 3.29. The first-order valence-corrected chi connectivity index (χ1v) is 11.1. The Bertz CT molecular complexity index is 1300. The molecule has 170 valence electrons. The minimum absolute atomic E-state index is 0.00239. The maximum atomic E-state index is 13.3. The largest absolute Gasteiger partial charge is 0.364 e. The normalized spacial score (nSPS) is 21.2. The minimum Gasteiger partial charge on any atom is -0.364 e. The molecule has 3 aromatic heterocycles. The number of rotatable bonds is 6. The maximum absolute atomic E-state index is 13.3. The number of likely N-dealkylation sites (tertiary alicyclic amines) is 1. The zero-order valence-electron chi connectivity index (χ0n) is 17.2. The van der Waals surface area contributed by atoms with E-state index in [-0.39, 0.29) is 41.7 Å². The van der Waals surface area contributed by atoms with Crippen LogP contribution in [0.4, 0.5) is 10.2 Å². The van der Waals surface area contributed by atoms with E-state index in [1.54, 1.807) is 23.1 Å². The molecule has 0 radical (unpaired) electrons. The number of nitrogens with one attached hydrogen (secondary N) is 1. The first kappa shape index (κ1) is 21.4. The molecule has 2 aliphatic rings. The van der Waals surface area contributed by atoms with Crippen LogP contribution in [0, 0.1) is 5.92 Å². The summed E-state index contributed by atoms with van der Waals surface area (Å²) in [6.07, 6.45) is 2.78. The number of nitrogens with two attached hydrogens (primary N) is 1. The van der Waals surface area contributed by atoms with Crippen LogP contribution in [0.1, 0.15) is 29.0 Å². The molecule has 2 fully saturated rings. The van der Waals surface area contributed by atoms with E-state index >= 15 is 0 Å². The third kappa shape index (κ3) is 3.94. The number of pyridine rings is 2. The Hall–Kier alpha value is -3.41. The molecular formula is C21H19BrFN7O3. The van der Waals surface area contributed by atoms with Crippen molar-refractivity contribution in [2.45, 2.75) is 38.1 Å². The second kappa shape index (κ2) is 8.18. The van der Waals surface area contributed by atoms with Crippen molar-refractivity contribution >= 4 is 50.4 Å². The van der Waals surface area contributed by atoms with Crippen LogP contribution in [0.5, 0.6) is 0 Å². The zero-order valence-corrected chi connectivity index (χ0v) is 18.8. The van der Waals surface area contributed by atoms with Crippen LogP contribution in [-0.4, -0.2) is 54.5 Å². The molecule has 0 bridgehead atoms. The molecule has 1 aliphatic carbocycles. The summed E-state index contributed by atoms with van der Waals surface area (Å²) in [4.78, 5) is 47.9. The molecule has 3 N–H and O–H groups in total. The molecule has 1 saturated heterocycles. The third-order valence-corrected chi connectivity index (χ3v) is 6.45. The fourth-order valence-electron chi connectivity index (χ4n) is 4.44. The van der Waals surface area contributed by atoms with Crippen molar-refractivity contribution in [2.75, 3.05) is 5.32 Å². The molecule has 10 nitrogen and oxygen atoms in total. The fourth-order valence-corrected chi connectivity index (χ4v) is 4.78. The molecule has 0 spiro atoms. The van der Waals surface area contributed by atoms with E-state index in [0.717, 1.165) is 6.42 Å². The monoisotopic (exact) mass is 515 g/mol. The Morgan fingerprint density at radius 2 is 2.09 bits per heavy atom. The van der Waals surface area contributed by atoms with Crippen molar-refractivity contribution in [1.29, 1.82) is 0 Å². The van der Waals surface area contributed by atoms with Gasteiger partial charge in [0.2, 0.25) is 11.8 Å². The number of aromatic nitrogens is 4. The quantitative estimate of drug-likeness (QED) is 0.480. The number of carbonyl (C=O) groups is 3. The van der Waals surface area contributed by atoms with E-state index in [1.165, 1.54) is 16.9 Å². The van der Waals surface area contributed by atoms with Crippen LogP contribution in [0.3, 0.4) is 0 Å². The predicted molar refractivity (Wildman–Crippen MR) is 119 cm³/mol. The first-order chi connectivity index (χ1) is 15.9. The van der Waals surface area contributed by atoms with Crippen LogP contribution < -0.4 is 11.1 Å². The lowest BCUT2D eigenvalue weighted by atomic mass is 10.1. The highest BCUT2D eigenvalue weighted by molar-refractivity contribution is 9.10. The molecule has 3 atom stereocenters. The number of hydrogen-bond donors (Lipinski definition) is 2. The van der Waals surface area contributed by atoms with Crippen molar-refractivity contribution < 1.29 is 18.8 Å². The number of nitrogens with zero attached hydrogens (tertiary/aromatic N) is 5. The molecule has 12 heteroatoms. The standard InChI is InChI=1S/C21H19BrFN7O3/c22-16-2-1-3-17(26-16)27-21(33)14-5-10-4-13(10)30(14)18(31)9-29-15-8-25-11(7-23)6-12(15)19(28-29)20(24)32/h1-3,6,8,10,13-14H,4-5,7,9H2,(H2,24,32)(H,26,27,33)/t10-,13?,14+/m1/s1. The Morgan fingerprint density at radius 3 is 2.82 bits per heavy atom. The van der Waals surface area contributed by atoms with E-state index in [2.05, 4.69) is 36.3 Å². The summed E-state index contributed by atoms with van der Waals surface area (Å²) in [5.41, 5.74) is 5.89. The number of anilines is 1. The molecule has 33 heavy (non-hydrogen) atoms. The summed E-state index contributed by atoms with van der Waals surface area (Å²) in [5.74, 6) is -0.731. The van der Waals surface area contributed by atoms with Crippen molar-refractivity contribution in [3.05, 3.63) is 46.5 Å². The van der Waals surface area contributed by atoms with Gasteiger partial charge in [-0.25, -0.2) is 9.37 Å². The van der Waals surface area contributed by atoms with Gasteiger partial charge in [0.25, 0.3) is 5.91 Å². The number of primary amides is 1. The molecule has 1 saturated carbocycles. The SMILES string of the molecule is NC(=O)c1nn(CC(=O)N2C3C[C@@H]3C[C@H]2C(=O)Nc2cccc(Br)n2)c2cnc(CF)cc12. The summed E-state index contributed by atoms with van der Waals surface area (Å²) >= 11 is 3.27. The van der Waals surface area contributed by atoms with Crippen LogP contribution in [-0.2, 0) is 22.8 Å². The zero-order chi connectivity index (χ0) is 23.3. The van der Waals surface area contributed by atoms with Crippen molar-refractivity contribution in [3.63, 3.8) is 0 Å². The van der Waals surface area contributed by atoms with Crippen molar-refractivity contribution in [1.82, 2.24) is 24.6 Å². The highest BCUT2D eigenvalue weighted by Gasteiger charge is 2.56. The summed E-state index contributed by atoms with van der Waals surface area (Å²) in [6, 6.07) is 5.94. The number of alkyl halides is 1. The number of hydrogen-bond acceptors (Lipinski definition) is 6. The topological polar surface area (TPSA) is 136 Å². The van der Waals surface area contributed by atoms with Gasteiger partial charge < -0.3 is 16.0 Å². The Morgan fingerprint density at radius 1 is 1.27 bits per heavy atom. The van der Waals surface area contributed by atoms with Gasteiger partial charge in [0.15, 0.2) is 5.69 Å². The number of halogens is 2. The van der Waals surface area contributed by atoms with Crippen LogP contribution >= 0.6 is 15.9 Å². The van der Waals surface area contributed by atoms with Gasteiger partial charge in [-0.3, -0.25) is 24.0 Å². The van der Waals surface area contributed by atoms with Crippen molar-refractivity contribution in [3.8, 4) is 0 Å². The lowest BCUT2D eigenvalue weighted by Crippen LogP contribution is -2.46. The fraction of sp³-hybridized carbons (Fsp3) is 0.333. The lowest BCUT2D eigenvalue weighted by molar-refractivity contribution is -0.138. The molecular weight excluding hydrogens is 497 g/mol. The highest BCUT2D eigenvalue weighted by atomic mass is 79.9. The van der Waals surface area contributed by atoms with Gasteiger partial charge in [-0.05, 0) is 52.9 Å². The van der Waals surface area contributed by atoms with Crippen LogP contribution in [0.15, 0.2) is 35.1 Å². The molecule has 3 amide bonds. The summed E-state index contributed by atoms with van der Waals surface area (Å²) in [6.45, 7) is -1.01. The first-order valence-electron chi connectivity index (χ1n) is 10.3. The average molecular weight is 516 g/mol. The third-order valence-electron chi connectivity index (χ3n) is 6.01. The maximum Gasteiger partial charge on any atom is 0.269 e. The number of fused-ring (bicyclic) bond motifs is 2. The summed E-state index contributed by atoms with van der Waals surface area (Å²) in [5, 5.41) is 7.28. The van der Waals surface area contributed by atoms with E-state index in [9.17, 15) is 18.8 Å². The number of piperidine rings is 1. The lowest BCUT2D eigenvalue weighted by Gasteiger charge is -2.26. The summed E-state index contributed by atoms with van der Waals surface area (Å²) < 4.78 is 15.0. The molecule has 4 heterocycles. The van der Waals surface area contributed by atoms with Crippen LogP contribution in [0.2, 0.25) is 0 Å². The molecule has 1 unspecified atom stereocenters. The van der Waals surface area contributed by atoms with E-state index < -0.39 is 18.6 Å². The van der Waals surface area contributed by atoms with Gasteiger partial charge in [-0.2, -0.15) is 5.10 Å². The van der Waals surface area contributed by atoms with Gasteiger partial charge in [-0.15, -0.1) is 0 Å². The molecule has 0 aromatic carbocycles. The van der Waals surface area contributed by atoms with Gasteiger partial charge in [0.1, 0.15) is 29.7 Å². The van der Waals surface area contributed by atoms with Gasteiger partial charge >= 0.3 is 0 Å². The molecule has 1 aliphatic heterocycles. The highest BCUT2D eigenvalue weighted by Crippen LogP contribution is 2.48. The van der Waals surface area contributed by atoms with Crippen molar-refractivity contribution in [2.24, 2.45) is 11.7 Å². The Labute approximate surface area is 195 Å². The Kier molecular flexibility index (Phi) is 5.31. The second-order valence-electron chi connectivity index (χ2n) is 8.15. The van der Waals surface area contributed by atoms with Crippen LogP contribution in [0.25, 0.3) is 10.9 Å². The smallest absolute Gasteiger partial charge is 0.269 e. The van der Waals surface area contributed by atoms with E-state index in [0.29, 0.717) is 27.7 Å². The Balaban J connectivity index is 1.39.